The van der Waals surface area contributed by atoms with E-state index in [1.54, 1.807) is 24.3 Å². The van der Waals surface area contributed by atoms with Gasteiger partial charge >= 0.3 is 23.9 Å². The predicted octanol–water partition coefficient (Wildman–Crippen LogP) is -0.126. The fourth-order valence-electron chi connectivity index (χ4n) is 3.03. The smallest absolute Gasteiger partial charge is 0.317 e. The number of benzene rings is 1. The summed E-state index contributed by atoms with van der Waals surface area (Å²) < 4.78 is 0. The van der Waals surface area contributed by atoms with E-state index in [0.29, 0.717) is 11.3 Å². The Kier molecular flexibility index (Phi) is 11.3. The molecule has 1 amide bonds. The number of alkyl halides is 1. The third-order valence-electron chi connectivity index (χ3n) is 4.21. The number of hydrogen-bond donors (Lipinski definition) is 5. The third-order valence-corrected chi connectivity index (χ3v) is 4.72. The zero-order valence-electron chi connectivity index (χ0n) is 16.9. The number of carbonyl (C=O) groups is 5. The van der Waals surface area contributed by atoms with Crippen LogP contribution in [0.5, 0.6) is 0 Å². The molecule has 1 aromatic carbocycles. The van der Waals surface area contributed by atoms with Crippen LogP contribution in [-0.2, 0) is 30.4 Å². The highest BCUT2D eigenvalue weighted by atomic mass is 79.9. The Morgan fingerprint density at radius 1 is 0.812 bits per heavy atom. The monoisotopic (exact) mass is 517 g/mol. The first-order valence-corrected chi connectivity index (χ1v) is 10.4. The van der Waals surface area contributed by atoms with Crippen molar-refractivity contribution < 1.29 is 44.4 Å². The maximum absolute atomic E-state index is 11.5. The number of halogens is 1. The quantitative estimate of drug-likeness (QED) is 0.195. The lowest BCUT2D eigenvalue weighted by Crippen LogP contribution is -2.50. The van der Waals surface area contributed by atoms with E-state index < -0.39 is 56.1 Å². The molecule has 0 unspecified atom stereocenters. The van der Waals surface area contributed by atoms with Gasteiger partial charge in [0.25, 0.3) is 0 Å². The minimum atomic E-state index is -1.29. The van der Waals surface area contributed by atoms with Gasteiger partial charge in [-0.1, -0.05) is 28.1 Å². The van der Waals surface area contributed by atoms with Crippen molar-refractivity contribution in [2.45, 2.75) is 12.5 Å². The number of amides is 1. The van der Waals surface area contributed by atoms with E-state index in [1.807, 2.05) is 0 Å². The highest BCUT2D eigenvalue weighted by Gasteiger charge is 2.27. The van der Waals surface area contributed by atoms with Crippen LogP contribution in [-0.4, -0.2) is 104 Å². The Morgan fingerprint density at radius 2 is 1.28 bits per heavy atom. The van der Waals surface area contributed by atoms with Gasteiger partial charge in [-0.05, 0) is 24.1 Å². The van der Waals surface area contributed by atoms with Crippen molar-refractivity contribution in [3.63, 3.8) is 0 Å². The number of aliphatic carboxylic acids is 4. The summed E-state index contributed by atoms with van der Waals surface area (Å²) in [6, 6.07) is 5.70. The molecule has 0 aromatic heterocycles. The molecule has 13 heteroatoms. The maximum atomic E-state index is 11.5. The number of carboxylic acids is 4. The van der Waals surface area contributed by atoms with Gasteiger partial charge in [0.2, 0.25) is 5.91 Å². The number of hydrogen-bond acceptors (Lipinski definition) is 7. The van der Waals surface area contributed by atoms with Gasteiger partial charge in [0, 0.05) is 18.3 Å². The first kappa shape index (κ1) is 27.0. The summed E-state index contributed by atoms with van der Waals surface area (Å²) in [6.45, 7) is -2.70. The van der Waals surface area contributed by atoms with Crippen molar-refractivity contribution in [3.8, 4) is 0 Å². The molecule has 0 heterocycles. The van der Waals surface area contributed by atoms with Crippen LogP contribution in [0.1, 0.15) is 5.56 Å². The van der Waals surface area contributed by atoms with E-state index in [2.05, 4.69) is 21.2 Å². The number of nitrogens with zero attached hydrogens (tertiary/aromatic N) is 2. The van der Waals surface area contributed by atoms with Crippen molar-refractivity contribution in [1.29, 1.82) is 0 Å². The molecule has 1 rings (SSSR count). The summed E-state index contributed by atoms with van der Waals surface area (Å²) >= 11 is 3.03. The highest BCUT2D eigenvalue weighted by Crippen LogP contribution is 2.15. The molecule has 0 bridgehead atoms. The molecular weight excluding hydrogens is 494 g/mol. The molecule has 32 heavy (non-hydrogen) atoms. The minimum Gasteiger partial charge on any atom is -0.480 e. The number of carbonyl (C=O) groups excluding carboxylic acids is 1. The fraction of sp³-hybridized carbons (Fsp3) is 0.421. The average Bonchev–Trinajstić information content (AvgIpc) is 2.66. The van der Waals surface area contributed by atoms with Crippen molar-refractivity contribution in [3.05, 3.63) is 29.8 Å². The van der Waals surface area contributed by atoms with E-state index in [1.165, 1.54) is 0 Å². The predicted molar refractivity (Wildman–Crippen MR) is 115 cm³/mol. The van der Waals surface area contributed by atoms with Crippen molar-refractivity contribution in [2.75, 3.05) is 43.4 Å². The Bertz CT molecular complexity index is 800. The summed E-state index contributed by atoms with van der Waals surface area (Å²) in [5.74, 6) is -5.39. The molecule has 1 aromatic rings. The first-order chi connectivity index (χ1) is 15.0. The molecule has 0 aliphatic rings. The topological polar surface area (TPSA) is 185 Å². The second-order valence-electron chi connectivity index (χ2n) is 6.89. The van der Waals surface area contributed by atoms with Crippen molar-refractivity contribution >= 4 is 51.4 Å². The number of anilines is 1. The lowest BCUT2D eigenvalue weighted by atomic mass is 10.0. The highest BCUT2D eigenvalue weighted by molar-refractivity contribution is 9.09. The van der Waals surface area contributed by atoms with Gasteiger partial charge in [0.1, 0.15) is 0 Å². The standard InChI is InChI=1S/C19H24BrN3O9/c20-6-15(24)21-13-3-1-12(2-4-13)5-14(23(10-18(29)30)11-19(31)32)7-22(8-16(25)26)9-17(27)28/h1-4,14H,5-11H2,(H,21,24)(H,25,26)(H,27,28)(H,29,30)(H,31,32)/t14-/m1/s1. The number of nitrogens with one attached hydrogen (secondary N) is 1. The molecule has 1 atom stereocenters. The SMILES string of the molecule is O=C(O)CN(CC(=O)O)C[C@@H](Cc1ccc(NC(=O)CBr)cc1)N(CC(=O)O)CC(=O)O. The minimum absolute atomic E-state index is 0.110. The molecule has 0 saturated heterocycles. The molecule has 0 saturated carbocycles. The van der Waals surface area contributed by atoms with Gasteiger partial charge in [-0.2, -0.15) is 0 Å². The lowest BCUT2D eigenvalue weighted by molar-refractivity contribution is -0.146. The van der Waals surface area contributed by atoms with E-state index in [4.69, 9.17) is 10.2 Å². The lowest BCUT2D eigenvalue weighted by Gasteiger charge is -2.33. The summed E-state index contributed by atoms with van der Waals surface area (Å²) in [6.07, 6.45) is 0.114. The summed E-state index contributed by atoms with van der Waals surface area (Å²) in [7, 11) is 0. The van der Waals surface area contributed by atoms with Crippen LogP contribution >= 0.6 is 15.9 Å². The average molecular weight is 518 g/mol. The Hall–Kier alpha value is -3.03. The van der Waals surface area contributed by atoms with E-state index in [9.17, 15) is 34.2 Å². The number of carboxylic acid groups (broad SMARTS) is 4. The van der Waals surface area contributed by atoms with Gasteiger partial charge in [-0.3, -0.25) is 33.8 Å². The first-order valence-electron chi connectivity index (χ1n) is 9.28. The number of rotatable bonds is 15. The molecule has 0 fully saturated rings. The molecule has 0 spiro atoms. The van der Waals surface area contributed by atoms with Crippen LogP contribution in [0, 0.1) is 0 Å². The molecule has 12 nitrogen and oxygen atoms in total. The van der Waals surface area contributed by atoms with Crippen LogP contribution in [0.3, 0.4) is 0 Å². The molecule has 0 aliphatic heterocycles. The summed E-state index contributed by atoms with van der Waals surface area (Å²) in [5.41, 5.74) is 1.17. The molecule has 5 N–H and O–H groups in total. The van der Waals surface area contributed by atoms with Crippen LogP contribution in [0.2, 0.25) is 0 Å². The second kappa shape index (κ2) is 13.4. The molecule has 0 aliphatic carbocycles. The summed E-state index contributed by atoms with van der Waals surface area (Å²) in [5, 5.41) is 39.3. The Balaban J connectivity index is 3.16. The van der Waals surface area contributed by atoms with Crippen molar-refractivity contribution in [2.24, 2.45) is 0 Å². The fourth-order valence-corrected chi connectivity index (χ4v) is 3.17. The Morgan fingerprint density at radius 3 is 1.69 bits per heavy atom. The second-order valence-corrected chi connectivity index (χ2v) is 7.45. The molecular formula is C19H24BrN3O9. The Labute approximate surface area is 191 Å². The van der Waals surface area contributed by atoms with E-state index in [0.717, 1.165) is 9.80 Å². The third kappa shape index (κ3) is 10.8. The zero-order valence-corrected chi connectivity index (χ0v) is 18.5. The van der Waals surface area contributed by atoms with Crippen LogP contribution in [0.25, 0.3) is 0 Å². The molecule has 0 radical (unpaired) electrons. The van der Waals surface area contributed by atoms with Crippen LogP contribution in [0.15, 0.2) is 24.3 Å². The molecule has 176 valence electrons. The zero-order chi connectivity index (χ0) is 24.3. The van der Waals surface area contributed by atoms with Gasteiger partial charge in [0.15, 0.2) is 0 Å². The van der Waals surface area contributed by atoms with Gasteiger partial charge in [-0.25, -0.2) is 0 Å². The maximum Gasteiger partial charge on any atom is 0.317 e. The van der Waals surface area contributed by atoms with Crippen molar-refractivity contribution in [1.82, 2.24) is 9.80 Å². The normalized spacial score (nSPS) is 11.8. The van der Waals surface area contributed by atoms with Gasteiger partial charge in [0.05, 0.1) is 31.5 Å². The summed E-state index contributed by atoms with van der Waals surface area (Å²) in [4.78, 5) is 58.5. The van der Waals surface area contributed by atoms with Crippen LogP contribution < -0.4 is 5.32 Å². The van der Waals surface area contributed by atoms with Gasteiger partial charge < -0.3 is 25.7 Å². The largest absolute Gasteiger partial charge is 0.480 e. The van der Waals surface area contributed by atoms with E-state index in [-0.39, 0.29) is 24.2 Å². The van der Waals surface area contributed by atoms with Gasteiger partial charge in [-0.15, -0.1) is 0 Å². The van der Waals surface area contributed by atoms with E-state index >= 15 is 0 Å². The van der Waals surface area contributed by atoms with Crippen LogP contribution in [0.4, 0.5) is 5.69 Å².